The van der Waals surface area contributed by atoms with E-state index in [0.717, 1.165) is 74.5 Å². The van der Waals surface area contributed by atoms with E-state index in [1.165, 1.54) is 42.1 Å². The zero-order valence-electron chi connectivity index (χ0n) is 52.5. The third-order valence-electron chi connectivity index (χ3n) is 17.7. The first-order valence-corrected chi connectivity index (χ1v) is 32.7. The predicted octanol–water partition coefficient (Wildman–Crippen LogP) is 11.3. The Morgan fingerprint density at radius 3 is 2.30 bits per heavy atom. The third-order valence-corrected chi connectivity index (χ3v) is 19.0. The third kappa shape index (κ3) is 18.7. The molecule has 4 aliphatic heterocycles. The minimum atomic E-state index is -1.87. The summed E-state index contributed by atoms with van der Waals surface area (Å²) >= 11 is 8.46. The lowest BCUT2D eigenvalue weighted by molar-refractivity contribution is -0.162. The Kier molecular flexibility index (Phi) is 26.7. The van der Waals surface area contributed by atoms with E-state index in [2.05, 4.69) is 43.5 Å². The zero-order chi connectivity index (χ0) is 62.6. The maximum Gasteiger partial charge on any atom is 0.409 e. The monoisotopic (exact) mass is 1230 g/mol. The van der Waals surface area contributed by atoms with Crippen molar-refractivity contribution in [1.29, 1.82) is 0 Å². The highest BCUT2D eigenvalue weighted by Gasteiger charge is 2.64. The van der Waals surface area contributed by atoms with E-state index in [1.54, 1.807) is 44.9 Å². The van der Waals surface area contributed by atoms with Gasteiger partial charge in [0.05, 0.1) is 36.1 Å². The molecule has 4 heterocycles. The van der Waals surface area contributed by atoms with Gasteiger partial charge in [-0.05, 0) is 82.6 Å². The number of likely N-dealkylation sites (N-methyl/N-ethyl adjacent to an activating group) is 1. The molecule has 19 heteroatoms. The molecule has 0 radical (unpaired) electrons. The lowest BCUT2D eigenvalue weighted by Gasteiger charge is -2.42. The average Bonchev–Trinajstić information content (AvgIpc) is 1.62. The standard InChI is InChI=1S/C67H96ClN5O12S/c1-11-14-16-17-23-26-38-82-53-42-49-40-46(4)28-27-31-55(81-10)67(80)44-54(83-64(79)70-67)47(5)61-65(7,85-61)56(43-58(75)72(9)52(41-49)60(53)68)84-63(78)48(6)71(8)57(74)34-39-86-45-59(76)73-36-32-50(33-37-73)62(77)69-66(13-3,35-15-12-2)51-29-24-21-19-18-20-22-25-30-51/h18-22,24-25,27-31,41-42,47-48,50,54-56,61,80H,11-17,23,26,32-40,43-45H2,1-10H3,(H,69,77)(H,70,79)/b19-18?,20-18?,21-19?,22-20?,24-21?,25-22?,29-24?,30-25?,31-27+,46-28+,51-29?,51-30?/t47-,48-,54+,55-,56+,61+,65+,66?,67+/m1/s1. The van der Waals surface area contributed by atoms with Crippen LogP contribution in [0.25, 0.3) is 0 Å². The maximum atomic E-state index is 14.7. The number of rotatable bonds is 24. The number of nitrogens with zero attached hydrogens (tertiary/aromatic N) is 3. The van der Waals surface area contributed by atoms with E-state index in [-0.39, 0.29) is 53.7 Å². The number of unbranched alkanes of at least 4 members (excludes halogenated alkanes) is 6. The van der Waals surface area contributed by atoms with Gasteiger partial charge in [0.1, 0.15) is 40.7 Å². The molecule has 3 N–H and O–H groups in total. The van der Waals surface area contributed by atoms with Gasteiger partial charge in [-0.15, -0.1) is 0 Å². The quantitative estimate of drug-likeness (QED) is 0.0509. The number of ether oxygens (including phenoxy) is 5. The number of fused-ring (bicyclic) bond motifs is 5. The van der Waals surface area contributed by atoms with E-state index in [0.29, 0.717) is 56.1 Å². The van der Waals surface area contributed by atoms with Crippen LogP contribution >= 0.6 is 23.4 Å². The van der Waals surface area contributed by atoms with E-state index < -0.39 is 71.2 Å². The van der Waals surface area contributed by atoms with Gasteiger partial charge < -0.3 is 48.8 Å². The van der Waals surface area contributed by atoms with Gasteiger partial charge in [0.15, 0.2) is 5.72 Å². The van der Waals surface area contributed by atoms with Crippen molar-refractivity contribution < 1.29 is 57.6 Å². The number of benzene rings is 1. The van der Waals surface area contributed by atoms with Crippen molar-refractivity contribution in [3.63, 3.8) is 0 Å². The van der Waals surface area contributed by atoms with Gasteiger partial charge in [-0.3, -0.25) is 24.5 Å². The summed E-state index contributed by atoms with van der Waals surface area (Å²) in [5, 5.41) is 18.3. The summed E-state index contributed by atoms with van der Waals surface area (Å²) in [6, 6.07) is 20.7. The molecule has 0 aliphatic carbocycles. The van der Waals surface area contributed by atoms with Crippen molar-refractivity contribution >= 4 is 64.7 Å². The smallest absolute Gasteiger partial charge is 0.409 e. The predicted molar refractivity (Wildman–Crippen MR) is 338 cm³/mol. The number of halogens is 1. The highest BCUT2D eigenvalue weighted by molar-refractivity contribution is 7.99. The van der Waals surface area contributed by atoms with Crippen LogP contribution in [0, 0.1) is 11.8 Å². The van der Waals surface area contributed by atoms with Crippen molar-refractivity contribution in [2.24, 2.45) is 11.8 Å². The Morgan fingerprint density at radius 2 is 1.64 bits per heavy atom. The number of carbonyl (C=O) groups excluding carboxylic acids is 6. The average molecular weight is 1230 g/mol. The molecule has 9 atom stereocenters. The molecule has 5 amide bonds. The van der Waals surface area contributed by atoms with Gasteiger partial charge in [-0.1, -0.05) is 163 Å². The van der Waals surface area contributed by atoms with Gasteiger partial charge in [-0.2, -0.15) is 11.8 Å². The van der Waals surface area contributed by atoms with Gasteiger partial charge in [-0.25, -0.2) is 9.59 Å². The number of alkyl carbamates (subject to hydrolysis) is 1. The number of methoxy groups -OCH3 is 1. The number of esters is 1. The van der Waals surface area contributed by atoms with Crippen LogP contribution in [0.4, 0.5) is 10.5 Å². The molecule has 1 unspecified atom stereocenters. The first-order valence-electron chi connectivity index (χ1n) is 31.1. The maximum absolute atomic E-state index is 14.7. The Bertz CT molecular complexity index is 2730. The molecule has 0 saturated carbocycles. The lowest BCUT2D eigenvalue weighted by atomic mass is 9.82. The fourth-order valence-corrected chi connectivity index (χ4v) is 12.9. The molecule has 0 spiro atoms. The van der Waals surface area contributed by atoms with Gasteiger partial charge in [0, 0.05) is 64.7 Å². The van der Waals surface area contributed by atoms with E-state index in [9.17, 15) is 33.9 Å². The van der Waals surface area contributed by atoms with Gasteiger partial charge in [0.2, 0.25) is 23.6 Å². The Labute approximate surface area is 520 Å². The number of aliphatic hydroxyl groups is 1. The number of nitrogens with one attached hydrogen (secondary N) is 2. The van der Waals surface area contributed by atoms with E-state index >= 15 is 0 Å². The van der Waals surface area contributed by atoms with E-state index in [4.69, 9.17) is 35.3 Å². The molecule has 6 rings (SSSR count). The molecular weight excluding hydrogens is 1130 g/mol. The minimum Gasteiger partial charge on any atom is -0.492 e. The summed E-state index contributed by atoms with van der Waals surface area (Å²) in [5.74, 6) is -1.54. The van der Waals surface area contributed by atoms with Crippen LogP contribution in [-0.4, -0.2) is 145 Å². The number of piperidine rings is 1. The number of hydrogen-bond donors (Lipinski definition) is 3. The molecule has 86 heavy (non-hydrogen) atoms. The van der Waals surface area contributed by atoms with Crippen LogP contribution in [0.15, 0.2) is 90.5 Å². The minimum absolute atomic E-state index is 0.00633. The second kappa shape index (κ2) is 33.1. The molecule has 0 aromatic heterocycles. The first-order chi connectivity index (χ1) is 41.1. The number of carbonyl (C=O) groups is 6. The first kappa shape index (κ1) is 69.4. The summed E-state index contributed by atoms with van der Waals surface area (Å²) in [7, 11) is 4.56. The molecule has 4 bridgehead atoms. The fourth-order valence-electron chi connectivity index (χ4n) is 11.8. The van der Waals surface area contributed by atoms with Crippen molar-refractivity contribution in [3.8, 4) is 5.75 Å². The summed E-state index contributed by atoms with van der Waals surface area (Å²) in [6.07, 6.45) is 11.8. The SMILES string of the molecule is CCCCCCCCOc1cc2cc(c1Cl)N(C)C(=O)C[C@H](OC(=O)[C@@H](C)N(C)C(=O)CCSCC(=O)N1CCC(C(=O)NC(CC)(CCCC)c3ccccccccc3)CC1)[C@]1(C)O[C@H]1[C@H](C)[C@@H]1C[C@@](O)(NC(=O)O1)[C@H](OC)/C=C/C=C(\C)C2. The lowest BCUT2D eigenvalue weighted by Crippen LogP contribution is -2.63. The summed E-state index contributed by atoms with van der Waals surface area (Å²) in [5.41, 5.74) is -0.495. The van der Waals surface area contributed by atoms with Crippen molar-refractivity contribution in [2.75, 3.05) is 57.3 Å². The van der Waals surface area contributed by atoms with Crippen LogP contribution < -0.4 is 20.3 Å². The topological polar surface area (TPSA) is 206 Å². The Hall–Kier alpha value is -5.66. The summed E-state index contributed by atoms with van der Waals surface area (Å²) < 4.78 is 30.5. The molecule has 17 nitrogen and oxygen atoms in total. The highest BCUT2D eigenvalue weighted by Crippen LogP contribution is 2.49. The number of thioether (sulfide) groups is 1. The van der Waals surface area contributed by atoms with Crippen molar-refractivity contribution in [3.05, 3.63) is 107 Å². The second-order valence-electron chi connectivity index (χ2n) is 23.9. The molecule has 4 aliphatic rings. The normalized spacial score (nSPS) is 25.5. The number of hydrogen-bond acceptors (Lipinski definition) is 13. The molecule has 2 aromatic carbocycles. The Balaban J connectivity index is 1.11. The van der Waals surface area contributed by atoms with Gasteiger partial charge >= 0.3 is 12.1 Å². The van der Waals surface area contributed by atoms with Gasteiger partial charge in [0.25, 0.3) is 0 Å². The van der Waals surface area contributed by atoms with Crippen LogP contribution in [0.1, 0.15) is 156 Å². The molecule has 3 saturated heterocycles. The van der Waals surface area contributed by atoms with Crippen molar-refractivity contribution in [1.82, 2.24) is 20.4 Å². The fraction of sp³-hybridized carbons (Fsp3) is 0.612. The van der Waals surface area contributed by atoms with Crippen LogP contribution in [0.2, 0.25) is 5.02 Å². The van der Waals surface area contributed by atoms with Crippen LogP contribution in [-0.2, 0) is 54.9 Å². The number of allylic oxidation sites excluding steroid dienone is 3. The number of amides is 5. The zero-order valence-corrected chi connectivity index (χ0v) is 54.1. The largest absolute Gasteiger partial charge is 0.492 e. The molecule has 474 valence electrons. The van der Waals surface area contributed by atoms with E-state index in [1.807, 2.05) is 67.6 Å². The highest BCUT2D eigenvalue weighted by atomic mass is 35.5. The summed E-state index contributed by atoms with van der Waals surface area (Å²) in [4.78, 5) is 88.0. The van der Waals surface area contributed by atoms with Crippen LogP contribution in [0.3, 0.4) is 0 Å². The number of anilines is 1. The van der Waals surface area contributed by atoms with Crippen molar-refractivity contribution in [2.45, 2.75) is 199 Å². The van der Waals surface area contributed by atoms with Crippen LogP contribution in [0.5, 0.6) is 5.75 Å². The molecule has 2 aromatic rings. The molecular formula is C67H96ClN5O12S. The Morgan fingerprint density at radius 1 is 0.977 bits per heavy atom. The molecule has 3 fully saturated rings. The number of epoxide rings is 1. The summed E-state index contributed by atoms with van der Waals surface area (Å²) in [6.45, 7) is 14.8. The number of likely N-dealkylation sites (tertiary alicyclic amines) is 1. The second-order valence-corrected chi connectivity index (χ2v) is 25.4.